The molecule has 0 aliphatic heterocycles. The van der Waals surface area contributed by atoms with Crippen molar-refractivity contribution in [3.63, 3.8) is 0 Å². The molecule has 0 radical (unpaired) electrons. The molecule has 2 nitrogen and oxygen atoms in total. The molecule has 0 atom stereocenters. The molecule has 0 unspecified atom stereocenters. The first kappa shape index (κ1) is 17.5. The monoisotopic (exact) mass is 371 g/mol. The van der Waals surface area contributed by atoms with Gasteiger partial charge in [-0.15, -0.1) is 0 Å². The Bertz CT molecular complexity index is 912. The van der Waals surface area contributed by atoms with Crippen molar-refractivity contribution in [2.45, 2.75) is 11.8 Å². The molecule has 0 aliphatic carbocycles. The number of ketones is 1. The maximum atomic E-state index is 13.4. The van der Waals surface area contributed by atoms with Crippen molar-refractivity contribution in [2.75, 3.05) is 4.72 Å². The molecule has 3 aromatic rings. The van der Waals surface area contributed by atoms with Gasteiger partial charge in [0.25, 0.3) is 0 Å². The zero-order valence-electron chi connectivity index (χ0n) is 13.4. The Morgan fingerprint density at radius 3 is 2.52 bits per heavy atom. The minimum absolute atomic E-state index is 0.283. The Hall–Kier alpha value is -2.30. The zero-order chi connectivity index (χ0) is 17.8. The number of anilines is 1. The van der Waals surface area contributed by atoms with Crippen molar-refractivity contribution in [1.29, 1.82) is 0 Å². The second kappa shape index (κ2) is 7.72. The van der Waals surface area contributed by atoms with Crippen LogP contribution in [0, 0.1) is 12.7 Å². The molecule has 0 aliphatic rings. The highest BCUT2D eigenvalue weighted by Gasteiger charge is 2.15. The quantitative estimate of drug-likeness (QED) is 0.431. The van der Waals surface area contributed by atoms with Crippen molar-refractivity contribution in [1.82, 2.24) is 0 Å². The third-order valence-electron chi connectivity index (χ3n) is 3.61. The van der Waals surface area contributed by atoms with Crippen LogP contribution >= 0.6 is 23.5 Å². The highest BCUT2D eigenvalue weighted by molar-refractivity contribution is 8.00. The topological polar surface area (TPSA) is 29.1 Å². The number of carbonyl (C=O) groups is 1. The number of benzene rings is 3. The Kier molecular flexibility index (Phi) is 5.41. The zero-order valence-corrected chi connectivity index (χ0v) is 15.0. The van der Waals surface area contributed by atoms with E-state index in [2.05, 4.69) is 4.72 Å². The third-order valence-corrected chi connectivity index (χ3v) is 4.68. The lowest BCUT2D eigenvalue weighted by Crippen LogP contribution is -2.05. The van der Waals surface area contributed by atoms with E-state index in [1.807, 2.05) is 31.2 Å². The van der Waals surface area contributed by atoms with Crippen LogP contribution in [0.3, 0.4) is 0 Å². The van der Waals surface area contributed by atoms with Gasteiger partial charge in [0, 0.05) is 21.0 Å². The molecule has 126 valence electrons. The molecule has 25 heavy (non-hydrogen) atoms. The average molecular weight is 372 g/mol. The summed E-state index contributed by atoms with van der Waals surface area (Å²) in [5, 5.41) is 0.450. The second-order valence-corrected chi connectivity index (χ2v) is 6.86. The van der Waals surface area contributed by atoms with Crippen LogP contribution in [-0.2, 0) is 0 Å². The SMILES string of the molecule is Cc1ccc(SNc2ccc(Cl)cc2C(=O)c2cccc(F)c2)cc1. The van der Waals surface area contributed by atoms with Gasteiger partial charge >= 0.3 is 0 Å². The molecule has 0 heterocycles. The molecular weight excluding hydrogens is 357 g/mol. The van der Waals surface area contributed by atoms with E-state index in [1.54, 1.807) is 24.3 Å². The fraction of sp³-hybridized carbons (Fsp3) is 0.0500. The lowest BCUT2D eigenvalue weighted by Gasteiger charge is -2.11. The number of aryl methyl sites for hydroxylation is 1. The van der Waals surface area contributed by atoms with E-state index >= 15 is 0 Å². The van der Waals surface area contributed by atoms with Crippen molar-refractivity contribution in [2.24, 2.45) is 0 Å². The van der Waals surface area contributed by atoms with Crippen LogP contribution in [0.1, 0.15) is 21.5 Å². The molecule has 3 rings (SSSR count). The lowest BCUT2D eigenvalue weighted by molar-refractivity contribution is 0.103. The summed E-state index contributed by atoms with van der Waals surface area (Å²) in [7, 11) is 0. The Labute approximate surface area is 155 Å². The van der Waals surface area contributed by atoms with E-state index in [0.717, 1.165) is 4.90 Å². The van der Waals surface area contributed by atoms with Crippen LogP contribution in [0.25, 0.3) is 0 Å². The summed E-state index contributed by atoms with van der Waals surface area (Å²) in [6.07, 6.45) is 0. The van der Waals surface area contributed by atoms with Crippen molar-refractivity contribution >= 4 is 35.0 Å². The Morgan fingerprint density at radius 1 is 1.04 bits per heavy atom. The number of carbonyl (C=O) groups excluding carboxylic acids is 1. The lowest BCUT2D eigenvalue weighted by atomic mass is 10.0. The molecule has 5 heteroatoms. The number of hydrogen-bond acceptors (Lipinski definition) is 3. The minimum Gasteiger partial charge on any atom is -0.325 e. The molecule has 0 bridgehead atoms. The summed E-state index contributed by atoms with van der Waals surface area (Å²) in [4.78, 5) is 13.8. The molecule has 0 amide bonds. The van der Waals surface area contributed by atoms with Gasteiger partial charge in [-0.2, -0.15) is 0 Å². The van der Waals surface area contributed by atoms with Gasteiger partial charge in [0.1, 0.15) is 5.82 Å². The molecular formula is C20H15ClFNOS. The van der Waals surface area contributed by atoms with E-state index < -0.39 is 5.82 Å². The van der Waals surface area contributed by atoms with E-state index in [1.165, 1.54) is 35.7 Å². The summed E-state index contributed by atoms with van der Waals surface area (Å²) >= 11 is 7.45. The van der Waals surface area contributed by atoms with E-state index in [0.29, 0.717) is 16.3 Å². The normalized spacial score (nSPS) is 10.5. The smallest absolute Gasteiger partial charge is 0.195 e. The fourth-order valence-electron chi connectivity index (χ4n) is 2.30. The van der Waals surface area contributed by atoms with Gasteiger partial charge in [0.2, 0.25) is 0 Å². The van der Waals surface area contributed by atoms with Crippen molar-refractivity contribution < 1.29 is 9.18 Å². The first-order valence-electron chi connectivity index (χ1n) is 7.62. The predicted octanol–water partition coefficient (Wildman–Crippen LogP) is 6.14. The van der Waals surface area contributed by atoms with Gasteiger partial charge in [-0.1, -0.05) is 41.4 Å². The van der Waals surface area contributed by atoms with Gasteiger partial charge in [-0.25, -0.2) is 4.39 Å². The maximum Gasteiger partial charge on any atom is 0.195 e. The summed E-state index contributed by atoms with van der Waals surface area (Å²) in [6.45, 7) is 2.02. The Balaban J connectivity index is 1.87. The summed E-state index contributed by atoms with van der Waals surface area (Å²) < 4.78 is 16.6. The molecule has 0 fully saturated rings. The summed E-state index contributed by atoms with van der Waals surface area (Å²) in [5.74, 6) is -0.731. The van der Waals surface area contributed by atoms with E-state index in [4.69, 9.17) is 11.6 Å². The first-order chi connectivity index (χ1) is 12.0. The van der Waals surface area contributed by atoms with E-state index in [-0.39, 0.29) is 11.3 Å². The highest BCUT2D eigenvalue weighted by atomic mass is 35.5. The molecule has 0 saturated carbocycles. The van der Waals surface area contributed by atoms with Crippen molar-refractivity contribution in [3.8, 4) is 0 Å². The Morgan fingerprint density at radius 2 is 1.80 bits per heavy atom. The largest absolute Gasteiger partial charge is 0.325 e. The maximum absolute atomic E-state index is 13.4. The van der Waals surface area contributed by atoms with Crippen molar-refractivity contribution in [3.05, 3.63) is 94.3 Å². The number of rotatable bonds is 5. The average Bonchev–Trinajstić information content (AvgIpc) is 2.61. The molecule has 0 spiro atoms. The third kappa shape index (κ3) is 4.41. The predicted molar refractivity (Wildman–Crippen MR) is 102 cm³/mol. The minimum atomic E-state index is -0.448. The number of halogens is 2. The van der Waals surface area contributed by atoms with E-state index in [9.17, 15) is 9.18 Å². The molecule has 0 aromatic heterocycles. The van der Waals surface area contributed by atoms with Crippen LogP contribution in [0.4, 0.5) is 10.1 Å². The van der Waals surface area contributed by atoms with Gasteiger partial charge < -0.3 is 4.72 Å². The fourth-order valence-corrected chi connectivity index (χ4v) is 3.15. The van der Waals surface area contributed by atoms with Crippen LogP contribution in [0.5, 0.6) is 0 Å². The molecule has 0 saturated heterocycles. The first-order valence-corrected chi connectivity index (χ1v) is 8.82. The van der Waals surface area contributed by atoms with Crippen LogP contribution in [-0.4, -0.2) is 5.78 Å². The van der Waals surface area contributed by atoms with Gasteiger partial charge in [0.15, 0.2) is 5.78 Å². The highest BCUT2D eigenvalue weighted by Crippen LogP contribution is 2.28. The second-order valence-electron chi connectivity index (χ2n) is 5.55. The summed E-state index contributed by atoms with van der Waals surface area (Å²) in [6, 6.07) is 18.7. The standard InChI is InChI=1S/C20H15ClFNOS/c1-13-5-8-17(9-6-13)25-23-19-10-7-15(21)12-18(19)20(24)14-3-2-4-16(22)11-14/h2-12,23H,1H3. The molecule has 3 aromatic carbocycles. The van der Waals surface area contributed by atoms with Gasteiger partial charge in [-0.3, -0.25) is 4.79 Å². The number of nitrogens with one attached hydrogen (secondary N) is 1. The van der Waals surface area contributed by atoms with Crippen LogP contribution in [0.2, 0.25) is 5.02 Å². The van der Waals surface area contributed by atoms with Gasteiger partial charge in [0.05, 0.1) is 5.69 Å². The number of hydrogen-bond donors (Lipinski definition) is 1. The summed E-state index contributed by atoms with van der Waals surface area (Å²) in [5.41, 5.74) is 2.49. The van der Waals surface area contributed by atoms with Gasteiger partial charge in [-0.05, 0) is 61.3 Å². The van der Waals surface area contributed by atoms with Crippen LogP contribution < -0.4 is 4.72 Å². The molecule has 1 N–H and O–H groups in total. The van der Waals surface area contributed by atoms with Crippen LogP contribution in [0.15, 0.2) is 71.6 Å².